The number of para-hydroxylation sites is 1. The predicted octanol–water partition coefficient (Wildman–Crippen LogP) is 4.58. The molecular formula is C22H23N3O2S. The maximum atomic E-state index is 12.8. The highest BCUT2D eigenvalue weighted by atomic mass is 32.2. The first-order valence-corrected chi connectivity index (χ1v) is 10.8. The Balaban J connectivity index is 1.60. The van der Waals surface area contributed by atoms with E-state index in [-0.39, 0.29) is 0 Å². The second-order valence-electron chi connectivity index (χ2n) is 7.33. The van der Waals surface area contributed by atoms with Crippen LogP contribution in [0.5, 0.6) is 0 Å². The largest absolute Gasteiger partial charge is 0.323 e. The maximum absolute atomic E-state index is 12.8. The van der Waals surface area contributed by atoms with Crippen LogP contribution in [0.4, 0.5) is 17.2 Å². The van der Waals surface area contributed by atoms with Gasteiger partial charge < -0.3 is 4.90 Å². The number of aryl methyl sites for hydroxylation is 2. The van der Waals surface area contributed by atoms with E-state index >= 15 is 0 Å². The molecule has 0 spiro atoms. The molecule has 5 nitrogen and oxygen atoms in total. The molecule has 2 heterocycles. The number of hydrogen-bond acceptors (Lipinski definition) is 4. The Bertz CT molecular complexity index is 1120. The fourth-order valence-corrected chi connectivity index (χ4v) is 5.08. The summed E-state index contributed by atoms with van der Waals surface area (Å²) in [5.74, 6) is 0.812. The molecule has 28 heavy (non-hydrogen) atoms. The van der Waals surface area contributed by atoms with Crippen LogP contribution in [0.25, 0.3) is 0 Å². The molecule has 1 unspecified atom stereocenters. The quantitative estimate of drug-likeness (QED) is 0.705. The van der Waals surface area contributed by atoms with Gasteiger partial charge in [0.1, 0.15) is 5.82 Å². The minimum absolute atomic E-state index is 0.290. The van der Waals surface area contributed by atoms with Crippen molar-refractivity contribution in [3.8, 4) is 0 Å². The SMILES string of the molecule is Cc1ccc(C)c(S(=O)(=O)Nc2ccc(N3c4ccccc4CC3C)nc2)c1. The molecule has 0 bridgehead atoms. The van der Waals surface area contributed by atoms with Gasteiger partial charge in [0.2, 0.25) is 0 Å². The topological polar surface area (TPSA) is 62.3 Å². The molecule has 0 saturated heterocycles. The highest BCUT2D eigenvalue weighted by molar-refractivity contribution is 7.92. The molecule has 4 rings (SSSR count). The van der Waals surface area contributed by atoms with Gasteiger partial charge in [-0.05, 0) is 68.1 Å². The van der Waals surface area contributed by atoms with Gasteiger partial charge in [0.15, 0.2) is 0 Å². The van der Waals surface area contributed by atoms with Crippen molar-refractivity contribution in [3.63, 3.8) is 0 Å². The molecule has 1 atom stereocenters. The van der Waals surface area contributed by atoms with E-state index in [0.29, 0.717) is 22.2 Å². The Morgan fingerprint density at radius 3 is 2.61 bits per heavy atom. The van der Waals surface area contributed by atoms with Gasteiger partial charge in [-0.15, -0.1) is 0 Å². The van der Waals surface area contributed by atoms with E-state index < -0.39 is 10.0 Å². The third kappa shape index (κ3) is 3.36. The molecular weight excluding hydrogens is 370 g/mol. The Morgan fingerprint density at radius 2 is 1.86 bits per heavy atom. The van der Waals surface area contributed by atoms with E-state index in [0.717, 1.165) is 23.5 Å². The standard InChI is InChI=1S/C22H23N3O2S/c1-15-8-9-16(2)21(12-15)28(26,27)24-19-10-11-22(23-14-19)25-17(3)13-18-6-4-5-7-20(18)25/h4-12,14,17,24H,13H2,1-3H3. The molecule has 6 heteroatoms. The van der Waals surface area contributed by atoms with Crippen molar-refractivity contribution in [1.29, 1.82) is 0 Å². The normalized spacial score (nSPS) is 16.1. The summed E-state index contributed by atoms with van der Waals surface area (Å²) in [5.41, 5.74) is 4.53. The average molecular weight is 394 g/mol. The van der Waals surface area contributed by atoms with Crippen LogP contribution in [0.3, 0.4) is 0 Å². The maximum Gasteiger partial charge on any atom is 0.262 e. The molecule has 0 fully saturated rings. The number of anilines is 3. The summed E-state index contributed by atoms with van der Waals surface area (Å²) in [5, 5.41) is 0. The second-order valence-corrected chi connectivity index (χ2v) is 8.98. The van der Waals surface area contributed by atoms with Gasteiger partial charge in [-0.3, -0.25) is 4.72 Å². The van der Waals surface area contributed by atoms with Gasteiger partial charge in [0.05, 0.1) is 16.8 Å². The summed E-state index contributed by atoms with van der Waals surface area (Å²) in [6.07, 6.45) is 2.55. The third-order valence-electron chi connectivity index (χ3n) is 5.09. The first kappa shape index (κ1) is 18.5. The monoisotopic (exact) mass is 393 g/mol. The molecule has 0 aliphatic carbocycles. The van der Waals surface area contributed by atoms with Crippen molar-refractivity contribution in [2.75, 3.05) is 9.62 Å². The van der Waals surface area contributed by atoms with E-state index in [4.69, 9.17) is 0 Å². The zero-order valence-electron chi connectivity index (χ0n) is 16.2. The lowest BCUT2D eigenvalue weighted by Gasteiger charge is -2.24. The van der Waals surface area contributed by atoms with Crippen molar-refractivity contribution < 1.29 is 8.42 Å². The van der Waals surface area contributed by atoms with Crippen LogP contribution < -0.4 is 9.62 Å². The van der Waals surface area contributed by atoms with E-state index in [1.54, 1.807) is 25.3 Å². The van der Waals surface area contributed by atoms with E-state index in [1.165, 1.54) is 5.56 Å². The van der Waals surface area contributed by atoms with Crippen LogP contribution in [-0.2, 0) is 16.4 Å². The van der Waals surface area contributed by atoms with Crippen molar-refractivity contribution in [2.45, 2.75) is 38.1 Å². The lowest BCUT2D eigenvalue weighted by Crippen LogP contribution is -2.24. The molecule has 1 aliphatic rings. The van der Waals surface area contributed by atoms with E-state index in [1.807, 2.05) is 37.3 Å². The van der Waals surface area contributed by atoms with E-state index in [2.05, 4.69) is 33.7 Å². The minimum Gasteiger partial charge on any atom is -0.323 e. The van der Waals surface area contributed by atoms with Crippen LogP contribution in [-0.4, -0.2) is 19.4 Å². The minimum atomic E-state index is -3.66. The molecule has 2 aromatic carbocycles. The van der Waals surface area contributed by atoms with E-state index in [9.17, 15) is 8.42 Å². The molecule has 1 aliphatic heterocycles. The zero-order chi connectivity index (χ0) is 19.9. The number of fused-ring (bicyclic) bond motifs is 1. The predicted molar refractivity (Wildman–Crippen MR) is 113 cm³/mol. The fourth-order valence-electron chi connectivity index (χ4n) is 3.71. The fraction of sp³-hybridized carbons (Fsp3) is 0.227. The van der Waals surface area contributed by atoms with Crippen molar-refractivity contribution >= 4 is 27.2 Å². The number of rotatable bonds is 4. The Hall–Kier alpha value is -2.86. The first-order valence-electron chi connectivity index (χ1n) is 9.28. The number of nitrogens with one attached hydrogen (secondary N) is 1. The molecule has 3 aromatic rings. The van der Waals surface area contributed by atoms with Crippen LogP contribution >= 0.6 is 0 Å². The van der Waals surface area contributed by atoms with Gasteiger partial charge in [0.25, 0.3) is 10.0 Å². The Morgan fingerprint density at radius 1 is 1.07 bits per heavy atom. The van der Waals surface area contributed by atoms with Crippen molar-refractivity contribution in [3.05, 3.63) is 77.5 Å². The molecule has 144 valence electrons. The molecule has 0 amide bonds. The third-order valence-corrected chi connectivity index (χ3v) is 6.61. The van der Waals surface area contributed by atoms with Crippen molar-refractivity contribution in [1.82, 2.24) is 4.98 Å². The van der Waals surface area contributed by atoms with Crippen molar-refractivity contribution in [2.24, 2.45) is 0 Å². The molecule has 1 N–H and O–H groups in total. The molecule has 1 aromatic heterocycles. The highest BCUT2D eigenvalue weighted by Gasteiger charge is 2.27. The number of nitrogens with zero attached hydrogens (tertiary/aromatic N) is 2. The first-order chi connectivity index (χ1) is 13.3. The van der Waals surface area contributed by atoms with Crippen LogP contribution in [0.2, 0.25) is 0 Å². The smallest absolute Gasteiger partial charge is 0.262 e. The number of hydrogen-bond donors (Lipinski definition) is 1. The summed E-state index contributed by atoms with van der Waals surface area (Å²) in [4.78, 5) is 7.01. The Labute approximate surface area is 166 Å². The van der Waals surface area contributed by atoms with Gasteiger partial charge in [0, 0.05) is 11.7 Å². The number of benzene rings is 2. The summed E-state index contributed by atoms with van der Waals surface area (Å²) in [6, 6.07) is 17.6. The van der Waals surface area contributed by atoms with Crippen LogP contribution in [0, 0.1) is 13.8 Å². The summed E-state index contributed by atoms with van der Waals surface area (Å²) < 4.78 is 28.2. The lowest BCUT2D eigenvalue weighted by atomic mass is 10.1. The summed E-state index contributed by atoms with van der Waals surface area (Å²) >= 11 is 0. The Kier molecular flexibility index (Phi) is 4.59. The van der Waals surface area contributed by atoms with Gasteiger partial charge >= 0.3 is 0 Å². The van der Waals surface area contributed by atoms with Crippen LogP contribution in [0.15, 0.2) is 65.7 Å². The molecule has 0 radical (unpaired) electrons. The average Bonchev–Trinajstić information content (AvgIpc) is 3.00. The van der Waals surface area contributed by atoms with Crippen LogP contribution in [0.1, 0.15) is 23.6 Å². The zero-order valence-corrected chi connectivity index (χ0v) is 17.0. The number of aromatic nitrogens is 1. The number of pyridine rings is 1. The van der Waals surface area contributed by atoms with Gasteiger partial charge in [-0.25, -0.2) is 13.4 Å². The molecule has 0 saturated carbocycles. The lowest BCUT2D eigenvalue weighted by molar-refractivity contribution is 0.600. The highest BCUT2D eigenvalue weighted by Crippen LogP contribution is 2.37. The van der Waals surface area contributed by atoms with Gasteiger partial charge in [-0.2, -0.15) is 0 Å². The number of sulfonamides is 1. The summed E-state index contributed by atoms with van der Waals surface area (Å²) in [6.45, 7) is 5.84. The summed E-state index contributed by atoms with van der Waals surface area (Å²) in [7, 11) is -3.66. The second kappa shape index (κ2) is 6.95. The van der Waals surface area contributed by atoms with Gasteiger partial charge in [-0.1, -0.05) is 30.3 Å².